The topological polar surface area (TPSA) is 90.0 Å². The van der Waals surface area contributed by atoms with Crippen LogP contribution in [0.1, 0.15) is 32.6 Å². The minimum Gasteiger partial charge on any atom is -0.329 e. The Hall–Kier alpha value is -1.06. The van der Waals surface area contributed by atoms with E-state index in [0.717, 1.165) is 36.3 Å². The summed E-state index contributed by atoms with van der Waals surface area (Å²) in [4.78, 5) is -0.112. The molecular formula is C13H22F2N4O2S. The summed E-state index contributed by atoms with van der Waals surface area (Å²) in [5.41, 5.74) is 5.16. The van der Waals surface area contributed by atoms with Gasteiger partial charge in [0.15, 0.2) is 0 Å². The van der Waals surface area contributed by atoms with Crippen molar-refractivity contribution < 1.29 is 17.2 Å². The molecule has 2 atom stereocenters. The molecule has 2 rings (SSSR count). The van der Waals surface area contributed by atoms with E-state index in [0.29, 0.717) is 6.42 Å². The molecular weight excluding hydrogens is 314 g/mol. The van der Waals surface area contributed by atoms with Gasteiger partial charge in [-0.25, -0.2) is 21.9 Å². The van der Waals surface area contributed by atoms with Crippen molar-refractivity contribution in [3.05, 3.63) is 12.4 Å². The molecule has 0 bridgehead atoms. The van der Waals surface area contributed by atoms with Gasteiger partial charge in [-0.15, -0.1) is 0 Å². The first kappa shape index (κ1) is 17.3. The van der Waals surface area contributed by atoms with Crippen molar-refractivity contribution in [3.8, 4) is 0 Å². The molecule has 6 nitrogen and oxygen atoms in total. The molecule has 2 unspecified atom stereocenters. The molecule has 3 N–H and O–H groups in total. The third-order valence-corrected chi connectivity index (χ3v) is 5.91. The summed E-state index contributed by atoms with van der Waals surface area (Å²) in [7, 11) is -3.84. The van der Waals surface area contributed by atoms with Crippen LogP contribution in [0.2, 0.25) is 0 Å². The lowest BCUT2D eigenvalue weighted by atomic mass is 9.74. The Morgan fingerprint density at radius 2 is 2.27 bits per heavy atom. The van der Waals surface area contributed by atoms with Gasteiger partial charge in [-0.1, -0.05) is 19.8 Å². The van der Waals surface area contributed by atoms with Crippen LogP contribution in [-0.2, 0) is 16.6 Å². The Morgan fingerprint density at radius 3 is 2.86 bits per heavy atom. The molecule has 1 aromatic rings. The van der Waals surface area contributed by atoms with Gasteiger partial charge in [-0.3, -0.25) is 4.68 Å². The lowest BCUT2D eigenvalue weighted by Crippen LogP contribution is -2.58. The van der Waals surface area contributed by atoms with Crippen LogP contribution in [0.3, 0.4) is 0 Å². The summed E-state index contributed by atoms with van der Waals surface area (Å²) >= 11 is 0. The average Bonchev–Trinajstić information content (AvgIpc) is 2.90. The average molecular weight is 336 g/mol. The fraction of sp³-hybridized carbons (Fsp3) is 0.769. The first-order valence-corrected chi connectivity index (χ1v) is 8.82. The number of nitrogens with one attached hydrogen (secondary N) is 1. The van der Waals surface area contributed by atoms with E-state index in [9.17, 15) is 17.2 Å². The number of nitrogens with zero attached hydrogens (tertiary/aromatic N) is 2. The molecule has 1 aliphatic rings. The first-order valence-electron chi connectivity index (χ1n) is 7.34. The van der Waals surface area contributed by atoms with E-state index >= 15 is 0 Å². The minimum absolute atomic E-state index is 0.112. The quantitative estimate of drug-likeness (QED) is 0.820. The molecule has 0 radical (unpaired) electrons. The first-order chi connectivity index (χ1) is 10.3. The van der Waals surface area contributed by atoms with Gasteiger partial charge in [0.1, 0.15) is 11.4 Å². The van der Waals surface area contributed by atoms with Crippen LogP contribution in [0.4, 0.5) is 8.78 Å². The van der Waals surface area contributed by atoms with Gasteiger partial charge in [0, 0.05) is 18.3 Å². The molecule has 1 saturated carbocycles. The highest BCUT2D eigenvalue weighted by Crippen LogP contribution is 2.34. The molecule has 1 heterocycles. The van der Waals surface area contributed by atoms with Crippen molar-refractivity contribution >= 4 is 10.0 Å². The fourth-order valence-corrected chi connectivity index (χ4v) is 4.45. The van der Waals surface area contributed by atoms with Gasteiger partial charge in [0.05, 0.1) is 6.20 Å². The Labute approximate surface area is 129 Å². The van der Waals surface area contributed by atoms with Gasteiger partial charge >= 0.3 is 0 Å². The van der Waals surface area contributed by atoms with E-state index in [1.165, 1.54) is 0 Å². The van der Waals surface area contributed by atoms with Crippen molar-refractivity contribution in [3.63, 3.8) is 0 Å². The third kappa shape index (κ3) is 3.64. The maximum absolute atomic E-state index is 12.5. The Morgan fingerprint density at radius 1 is 1.55 bits per heavy atom. The van der Waals surface area contributed by atoms with E-state index < -0.39 is 28.5 Å². The molecule has 0 saturated heterocycles. The highest BCUT2D eigenvalue weighted by Gasteiger charge is 2.40. The molecule has 0 spiro atoms. The SMILES string of the molecule is CC1CCCCC1(CN)NS(=O)(=O)c1cnn(CC(F)F)c1. The van der Waals surface area contributed by atoms with Gasteiger partial charge < -0.3 is 5.73 Å². The van der Waals surface area contributed by atoms with Crippen molar-refractivity contribution in [2.24, 2.45) is 11.7 Å². The highest BCUT2D eigenvalue weighted by atomic mass is 32.2. The zero-order valence-electron chi connectivity index (χ0n) is 12.5. The number of alkyl halides is 2. The van der Waals surface area contributed by atoms with E-state index in [-0.39, 0.29) is 17.4 Å². The monoisotopic (exact) mass is 336 g/mol. The summed E-state index contributed by atoms with van der Waals surface area (Å²) in [6.45, 7) is 1.56. The molecule has 0 aromatic carbocycles. The highest BCUT2D eigenvalue weighted by molar-refractivity contribution is 7.89. The lowest BCUT2D eigenvalue weighted by Gasteiger charge is -2.42. The van der Waals surface area contributed by atoms with Crippen molar-refractivity contribution in [2.75, 3.05) is 6.54 Å². The summed E-state index contributed by atoms with van der Waals surface area (Å²) in [5.74, 6) is 0.122. The number of hydrogen-bond donors (Lipinski definition) is 2. The third-order valence-electron chi connectivity index (χ3n) is 4.40. The van der Waals surface area contributed by atoms with Crippen LogP contribution in [-0.4, -0.2) is 36.7 Å². The van der Waals surface area contributed by atoms with E-state index in [4.69, 9.17) is 5.73 Å². The minimum atomic E-state index is -3.84. The predicted molar refractivity (Wildman–Crippen MR) is 78.0 cm³/mol. The van der Waals surface area contributed by atoms with Crippen LogP contribution in [0.25, 0.3) is 0 Å². The van der Waals surface area contributed by atoms with Crippen LogP contribution in [0.15, 0.2) is 17.3 Å². The van der Waals surface area contributed by atoms with Crippen molar-refractivity contribution in [1.29, 1.82) is 0 Å². The maximum Gasteiger partial charge on any atom is 0.257 e. The summed E-state index contributed by atoms with van der Waals surface area (Å²) in [6.07, 6.45) is 3.16. The molecule has 126 valence electrons. The second kappa shape index (κ2) is 6.59. The summed E-state index contributed by atoms with van der Waals surface area (Å²) in [6, 6.07) is 0. The molecule has 1 aliphatic carbocycles. The van der Waals surface area contributed by atoms with Crippen LogP contribution in [0, 0.1) is 5.92 Å². The maximum atomic E-state index is 12.5. The number of sulfonamides is 1. The van der Waals surface area contributed by atoms with Gasteiger partial charge in [-0.05, 0) is 18.8 Å². The van der Waals surface area contributed by atoms with Crippen molar-refractivity contribution in [1.82, 2.24) is 14.5 Å². The van der Waals surface area contributed by atoms with E-state index in [2.05, 4.69) is 9.82 Å². The fourth-order valence-electron chi connectivity index (χ4n) is 2.96. The molecule has 0 aliphatic heterocycles. The molecule has 22 heavy (non-hydrogen) atoms. The van der Waals surface area contributed by atoms with Crippen LogP contribution in [0.5, 0.6) is 0 Å². The molecule has 9 heteroatoms. The van der Waals surface area contributed by atoms with Crippen LogP contribution < -0.4 is 10.5 Å². The number of halogens is 2. The largest absolute Gasteiger partial charge is 0.329 e. The second-order valence-electron chi connectivity index (χ2n) is 5.90. The van der Waals surface area contributed by atoms with Gasteiger partial charge in [0.25, 0.3) is 6.43 Å². The smallest absolute Gasteiger partial charge is 0.257 e. The summed E-state index contributed by atoms with van der Waals surface area (Å²) in [5, 5.41) is 3.67. The second-order valence-corrected chi connectivity index (χ2v) is 7.58. The molecule has 1 fully saturated rings. The number of nitrogens with two attached hydrogens (primary N) is 1. The van der Waals surface area contributed by atoms with E-state index in [1.807, 2.05) is 6.92 Å². The standard InChI is InChI=1S/C13H22F2N4O2S/c1-10-4-2-3-5-13(10,9-16)18-22(20,21)11-6-17-19(7-11)8-12(14)15/h6-7,10,12,18H,2-5,8-9,16H2,1H3. The zero-order valence-corrected chi connectivity index (χ0v) is 13.3. The zero-order chi connectivity index (χ0) is 16.4. The van der Waals surface area contributed by atoms with Gasteiger partial charge in [0.2, 0.25) is 10.0 Å². The number of hydrogen-bond acceptors (Lipinski definition) is 4. The van der Waals surface area contributed by atoms with Gasteiger partial charge in [-0.2, -0.15) is 5.10 Å². The van der Waals surface area contributed by atoms with Crippen molar-refractivity contribution in [2.45, 2.75) is 56.0 Å². The Bertz CT molecular complexity index is 605. The Kier molecular flexibility index (Phi) is 5.18. The number of rotatable bonds is 6. The normalized spacial score (nSPS) is 26.5. The predicted octanol–water partition coefficient (Wildman–Crippen LogP) is 1.33. The summed E-state index contributed by atoms with van der Waals surface area (Å²) < 4.78 is 53.3. The lowest BCUT2D eigenvalue weighted by molar-refractivity contribution is 0.121. The van der Waals surface area contributed by atoms with E-state index in [1.54, 1.807) is 0 Å². The number of aromatic nitrogens is 2. The van der Waals surface area contributed by atoms with Crippen LogP contribution >= 0.6 is 0 Å². The molecule has 0 amide bonds. The Balaban J connectivity index is 2.20. The molecule has 1 aromatic heterocycles.